The van der Waals surface area contributed by atoms with Gasteiger partial charge in [-0.1, -0.05) is 25.4 Å². The molecule has 0 spiro atoms. The number of halogens is 3. The van der Waals surface area contributed by atoms with Gasteiger partial charge in [0, 0.05) is 13.1 Å². The van der Waals surface area contributed by atoms with E-state index in [4.69, 9.17) is 11.6 Å². The molecule has 0 bridgehead atoms. The topological polar surface area (TPSA) is 94.6 Å². The molecule has 1 aromatic carbocycles. The molecule has 1 heterocycles. The average molecular weight is 418 g/mol. The molecule has 2 rings (SSSR count). The Bertz CT molecular complexity index is 709. The summed E-state index contributed by atoms with van der Waals surface area (Å²) in [5, 5.41) is 11.6. The Labute approximate surface area is 168 Å². The smallest absolute Gasteiger partial charge is 0.269 e. The minimum atomic E-state index is -0.958. The van der Waals surface area contributed by atoms with Crippen LogP contribution in [0.15, 0.2) is 17.2 Å². The molecule has 4 N–H and O–H groups in total. The number of amides is 2. The van der Waals surface area contributed by atoms with Gasteiger partial charge in [0.2, 0.25) is 0 Å². The lowest BCUT2D eigenvalue weighted by Gasteiger charge is -2.24. The van der Waals surface area contributed by atoms with E-state index in [9.17, 15) is 18.4 Å². The second-order valence-corrected chi connectivity index (χ2v) is 6.06. The van der Waals surface area contributed by atoms with E-state index in [1.54, 1.807) is 0 Å². The molecule has 0 radical (unpaired) electrons. The summed E-state index contributed by atoms with van der Waals surface area (Å²) in [5.41, 5.74) is 1.88. The monoisotopic (exact) mass is 417 g/mol. The van der Waals surface area contributed by atoms with Gasteiger partial charge in [0.25, 0.3) is 11.8 Å². The predicted molar refractivity (Wildman–Crippen MR) is 106 cm³/mol. The van der Waals surface area contributed by atoms with Crippen molar-refractivity contribution in [2.24, 2.45) is 5.10 Å². The van der Waals surface area contributed by atoms with E-state index < -0.39 is 34.0 Å². The number of nitrogens with one attached hydrogen (secondary N) is 4. The highest BCUT2D eigenvalue weighted by Crippen LogP contribution is 2.22. The summed E-state index contributed by atoms with van der Waals surface area (Å²) in [5.74, 6) is -3.26. The largest absolute Gasteiger partial charge is 0.348 e. The Balaban J connectivity index is 0.00000190. The zero-order chi connectivity index (χ0) is 21.1. The van der Waals surface area contributed by atoms with Crippen molar-refractivity contribution in [3.05, 3.63) is 34.4 Å². The van der Waals surface area contributed by atoms with E-state index in [0.29, 0.717) is 0 Å². The maximum Gasteiger partial charge on any atom is 0.269 e. The molecule has 2 amide bonds. The van der Waals surface area contributed by atoms with E-state index in [1.165, 1.54) is 7.05 Å². The molecular weight excluding hydrogens is 392 g/mol. The van der Waals surface area contributed by atoms with Crippen LogP contribution in [0.1, 0.15) is 37.0 Å². The third-order valence-corrected chi connectivity index (χ3v) is 4.24. The van der Waals surface area contributed by atoms with Crippen molar-refractivity contribution in [2.75, 3.05) is 26.7 Å². The first-order valence-electron chi connectivity index (χ1n) is 9.10. The average Bonchev–Trinajstić information content (AvgIpc) is 2.70. The highest BCUT2D eigenvalue weighted by Gasteiger charge is 2.22. The van der Waals surface area contributed by atoms with Gasteiger partial charge in [-0.15, -0.1) is 0 Å². The Morgan fingerprint density at radius 2 is 1.82 bits per heavy atom. The summed E-state index contributed by atoms with van der Waals surface area (Å²) >= 11 is 5.66. The lowest BCUT2D eigenvalue weighted by atomic mass is 10.1. The van der Waals surface area contributed by atoms with Gasteiger partial charge in [0.1, 0.15) is 17.3 Å². The third kappa shape index (κ3) is 6.72. The zero-order valence-corrected chi connectivity index (χ0v) is 16.9. The van der Waals surface area contributed by atoms with Crippen molar-refractivity contribution in [3.8, 4) is 0 Å². The molecule has 1 saturated heterocycles. The first-order valence-corrected chi connectivity index (χ1v) is 9.48. The van der Waals surface area contributed by atoms with Crippen LogP contribution in [0.2, 0.25) is 5.02 Å². The number of hydrogen-bond acceptors (Lipinski definition) is 5. The summed E-state index contributed by atoms with van der Waals surface area (Å²) in [4.78, 5) is 24.5. The maximum absolute atomic E-state index is 13.8. The summed E-state index contributed by atoms with van der Waals surface area (Å²) in [7, 11) is 1.50. The number of piperidine rings is 1. The standard InChI is InChI=1S/C16H20ClF2N5O2.C2H6/c1-20-24-12(15(25)23-9-4-6-21-7-5-9)8-22-16(26)13-10(18)2-3-11(19)14(13)17;1-2/h2-3,9,20-21H,4-8H2,1H3,(H,22,26)(H,23,25);1-2H3/b24-12+;. The summed E-state index contributed by atoms with van der Waals surface area (Å²) in [6.07, 6.45) is 1.57. The summed E-state index contributed by atoms with van der Waals surface area (Å²) in [6.45, 7) is 5.33. The van der Waals surface area contributed by atoms with Crippen LogP contribution in [0.4, 0.5) is 8.78 Å². The van der Waals surface area contributed by atoms with Gasteiger partial charge in [-0.3, -0.25) is 9.59 Å². The molecule has 1 aromatic rings. The number of hydrogen-bond donors (Lipinski definition) is 4. The lowest BCUT2D eigenvalue weighted by Crippen LogP contribution is -2.47. The van der Waals surface area contributed by atoms with Crippen molar-refractivity contribution >= 4 is 29.1 Å². The molecule has 1 aliphatic heterocycles. The molecule has 0 atom stereocenters. The molecule has 1 aliphatic rings. The fraction of sp³-hybridized carbons (Fsp3) is 0.500. The predicted octanol–water partition coefficient (Wildman–Crippen LogP) is 1.82. The second-order valence-electron chi connectivity index (χ2n) is 5.68. The minimum Gasteiger partial charge on any atom is -0.348 e. The van der Waals surface area contributed by atoms with Gasteiger partial charge in [0.05, 0.1) is 17.1 Å². The summed E-state index contributed by atoms with van der Waals surface area (Å²) < 4.78 is 27.2. The fourth-order valence-electron chi connectivity index (χ4n) is 2.53. The van der Waals surface area contributed by atoms with Crippen LogP contribution >= 0.6 is 11.6 Å². The first kappa shape index (κ1) is 23.8. The van der Waals surface area contributed by atoms with Crippen LogP contribution in [0.5, 0.6) is 0 Å². The summed E-state index contributed by atoms with van der Waals surface area (Å²) in [6, 6.07) is 1.65. The SMILES string of the molecule is CC.CN/N=C(\CNC(=O)c1c(F)ccc(F)c1Cl)C(=O)NC1CCNCC1. The van der Waals surface area contributed by atoms with Gasteiger partial charge in [-0.25, -0.2) is 8.78 Å². The Morgan fingerprint density at radius 1 is 1.21 bits per heavy atom. The Hall–Kier alpha value is -2.26. The number of carbonyl (C=O) groups excluding carboxylic acids is 2. The first-order chi connectivity index (χ1) is 13.4. The molecule has 0 aliphatic carbocycles. The molecule has 0 unspecified atom stereocenters. The molecule has 7 nitrogen and oxygen atoms in total. The van der Waals surface area contributed by atoms with Gasteiger partial charge in [-0.2, -0.15) is 5.10 Å². The number of hydrazone groups is 1. The van der Waals surface area contributed by atoms with Crippen LogP contribution in [-0.4, -0.2) is 50.2 Å². The van der Waals surface area contributed by atoms with E-state index in [2.05, 4.69) is 26.5 Å². The lowest BCUT2D eigenvalue weighted by molar-refractivity contribution is -0.115. The molecular formula is C18H26ClF2N5O2. The van der Waals surface area contributed by atoms with Crippen molar-refractivity contribution < 1.29 is 18.4 Å². The normalized spacial score (nSPS) is 14.6. The Morgan fingerprint density at radius 3 is 2.43 bits per heavy atom. The van der Waals surface area contributed by atoms with Crippen LogP contribution in [0, 0.1) is 11.6 Å². The van der Waals surface area contributed by atoms with Crippen LogP contribution in [0.25, 0.3) is 0 Å². The van der Waals surface area contributed by atoms with Crippen molar-refractivity contribution in [3.63, 3.8) is 0 Å². The number of rotatable bonds is 6. The van der Waals surface area contributed by atoms with Gasteiger partial charge < -0.3 is 21.4 Å². The molecule has 10 heteroatoms. The highest BCUT2D eigenvalue weighted by molar-refractivity contribution is 6.40. The molecule has 156 valence electrons. The van der Waals surface area contributed by atoms with E-state index >= 15 is 0 Å². The molecule has 28 heavy (non-hydrogen) atoms. The van der Waals surface area contributed by atoms with E-state index in [1.807, 2.05) is 13.8 Å². The van der Waals surface area contributed by atoms with E-state index in [-0.39, 0.29) is 18.3 Å². The number of benzene rings is 1. The van der Waals surface area contributed by atoms with Gasteiger partial charge in [-0.05, 0) is 38.1 Å². The van der Waals surface area contributed by atoms with Crippen molar-refractivity contribution in [1.82, 2.24) is 21.4 Å². The van der Waals surface area contributed by atoms with Gasteiger partial charge >= 0.3 is 0 Å². The van der Waals surface area contributed by atoms with Crippen LogP contribution in [0.3, 0.4) is 0 Å². The highest BCUT2D eigenvalue weighted by atomic mass is 35.5. The van der Waals surface area contributed by atoms with Crippen molar-refractivity contribution in [2.45, 2.75) is 32.7 Å². The van der Waals surface area contributed by atoms with E-state index in [0.717, 1.165) is 38.1 Å². The second kappa shape index (κ2) is 12.2. The third-order valence-electron chi connectivity index (χ3n) is 3.87. The maximum atomic E-state index is 13.8. The number of nitrogens with zero attached hydrogens (tertiary/aromatic N) is 1. The van der Waals surface area contributed by atoms with Crippen LogP contribution in [-0.2, 0) is 4.79 Å². The van der Waals surface area contributed by atoms with Crippen LogP contribution < -0.4 is 21.4 Å². The zero-order valence-electron chi connectivity index (χ0n) is 16.2. The van der Waals surface area contributed by atoms with Gasteiger partial charge in [0.15, 0.2) is 0 Å². The Kier molecular flexibility index (Phi) is 10.4. The van der Waals surface area contributed by atoms with Crippen molar-refractivity contribution in [1.29, 1.82) is 0 Å². The molecule has 0 aromatic heterocycles. The molecule has 1 fully saturated rings. The molecule has 0 saturated carbocycles. The fourth-order valence-corrected chi connectivity index (χ4v) is 2.77. The quantitative estimate of drug-likeness (QED) is 0.322. The number of carbonyl (C=O) groups is 2. The minimum absolute atomic E-state index is 0.00677.